The highest BCUT2D eigenvalue weighted by Gasteiger charge is 2.45. The maximum atomic E-state index is 12.4. The molecule has 3 rings (SSSR count). The molecule has 27 heavy (non-hydrogen) atoms. The Morgan fingerprint density at radius 2 is 1.89 bits per heavy atom. The number of carbonyl (C=O) groups excluding carboxylic acids is 1. The van der Waals surface area contributed by atoms with Gasteiger partial charge in [0.2, 0.25) is 5.91 Å². The van der Waals surface area contributed by atoms with Crippen LogP contribution in [-0.2, 0) is 27.8 Å². The van der Waals surface area contributed by atoms with Gasteiger partial charge < -0.3 is 4.90 Å². The van der Waals surface area contributed by atoms with Crippen molar-refractivity contribution in [2.45, 2.75) is 24.9 Å². The van der Waals surface area contributed by atoms with E-state index in [-0.39, 0.29) is 5.91 Å². The standard InChI is InChI=1S/C17H16F3N3O3S/c1-23-15-4-2-12(7-13(15)3-5-16(23)24)14-6-11(8-21-10-14)9-22-27(25,26)17(18,19)20/h2,4,6-8,10,22H,3,5,9H2,1H3. The molecular weight excluding hydrogens is 383 g/mol. The summed E-state index contributed by atoms with van der Waals surface area (Å²) in [5.41, 5.74) is -1.84. The molecule has 0 saturated heterocycles. The summed E-state index contributed by atoms with van der Waals surface area (Å²) in [6.45, 7) is -0.523. The molecule has 0 fully saturated rings. The number of alkyl halides is 3. The molecule has 0 aliphatic carbocycles. The van der Waals surface area contributed by atoms with E-state index in [1.54, 1.807) is 36.3 Å². The molecule has 2 heterocycles. The number of aryl methyl sites for hydroxylation is 1. The molecule has 0 saturated carbocycles. The third kappa shape index (κ3) is 3.96. The molecule has 6 nitrogen and oxygen atoms in total. The van der Waals surface area contributed by atoms with Gasteiger partial charge in [-0.2, -0.15) is 13.2 Å². The van der Waals surface area contributed by atoms with Gasteiger partial charge >= 0.3 is 15.5 Å². The molecule has 144 valence electrons. The summed E-state index contributed by atoms with van der Waals surface area (Å²) in [5, 5.41) is 0. The van der Waals surface area contributed by atoms with Gasteiger partial charge in [-0.1, -0.05) is 6.07 Å². The molecule has 1 aromatic heterocycles. The van der Waals surface area contributed by atoms with Crippen molar-refractivity contribution in [1.29, 1.82) is 0 Å². The number of rotatable bonds is 4. The second-order valence-electron chi connectivity index (χ2n) is 6.15. The molecule has 1 aliphatic heterocycles. The lowest BCUT2D eigenvalue weighted by Gasteiger charge is -2.26. The highest BCUT2D eigenvalue weighted by Crippen LogP contribution is 2.31. The Morgan fingerprint density at radius 3 is 2.59 bits per heavy atom. The van der Waals surface area contributed by atoms with Crippen LogP contribution in [0.2, 0.25) is 0 Å². The van der Waals surface area contributed by atoms with Gasteiger partial charge in [-0.25, -0.2) is 13.1 Å². The van der Waals surface area contributed by atoms with Crippen LogP contribution in [0.3, 0.4) is 0 Å². The first-order valence-electron chi connectivity index (χ1n) is 7.98. The van der Waals surface area contributed by atoms with Crippen molar-refractivity contribution >= 4 is 21.6 Å². The molecule has 1 aliphatic rings. The van der Waals surface area contributed by atoms with Crippen LogP contribution < -0.4 is 9.62 Å². The number of fused-ring (bicyclic) bond motifs is 1. The van der Waals surface area contributed by atoms with E-state index >= 15 is 0 Å². The van der Waals surface area contributed by atoms with Crippen LogP contribution in [-0.4, -0.2) is 31.9 Å². The number of hydrogen-bond donors (Lipinski definition) is 1. The van der Waals surface area contributed by atoms with Crippen molar-refractivity contribution in [2.24, 2.45) is 0 Å². The van der Waals surface area contributed by atoms with Gasteiger partial charge in [-0.05, 0) is 41.3 Å². The van der Waals surface area contributed by atoms with Crippen molar-refractivity contribution in [1.82, 2.24) is 9.71 Å². The van der Waals surface area contributed by atoms with Crippen LogP contribution in [0.5, 0.6) is 0 Å². The minimum Gasteiger partial charge on any atom is -0.315 e. The lowest BCUT2D eigenvalue weighted by atomic mass is 9.96. The first-order chi connectivity index (χ1) is 12.6. The molecule has 0 atom stereocenters. The smallest absolute Gasteiger partial charge is 0.315 e. The van der Waals surface area contributed by atoms with Crippen molar-refractivity contribution in [3.63, 3.8) is 0 Å². The van der Waals surface area contributed by atoms with Crippen LogP contribution in [0.4, 0.5) is 18.9 Å². The molecule has 0 radical (unpaired) electrons. The number of nitrogens with one attached hydrogen (secondary N) is 1. The number of pyridine rings is 1. The van der Waals surface area contributed by atoms with E-state index in [0.717, 1.165) is 16.8 Å². The molecule has 1 N–H and O–H groups in total. The first kappa shape index (κ1) is 19.3. The predicted octanol–water partition coefficient (Wildman–Crippen LogP) is 2.60. The molecule has 0 unspecified atom stereocenters. The summed E-state index contributed by atoms with van der Waals surface area (Å²) in [7, 11) is -3.71. The summed E-state index contributed by atoms with van der Waals surface area (Å²) >= 11 is 0. The zero-order chi connectivity index (χ0) is 19.8. The number of aromatic nitrogens is 1. The Hall–Kier alpha value is -2.46. The molecule has 0 spiro atoms. The molecule has 2 aromatic rings. The number of halogens is 3. The topological polar surface area (TPSA) is 79.4 Å². The van der Waals surface area contributed by atoms with E-state index < -0.39 is 22.1 Å². The number of hydrogen-bond acceptors (Lipinski definition) is 4. The lowest BCUT2D eigenvalue weighted by molar-refractivity contribution is -0.118. The lowest BCUT2D eigenvalue weighted by Crippen LogP contribution is -2.36. The van der Waals surface area contributed by atoms with Gasteiger partial charge in [0.05, 0.1) is 0 Å². The van der Waals surface area contributed by atoms with E-state index in [0.29, 0.717) is 24.0 Å². The highest BCUT2D eigenvalue weighted by molar-refractivity contribution is 7.90. The van der Waals surface area contributed by atoms with Crippen molar-refractivity contribution in [2.75, 3.05) is 11.9 Å². The molecule has 0 bridgehead atoms. The largest absolute Gasteiger partial charge is 0.511 e. The Kier molecular flexibility index (Phi) is 4.96. The van der Waals surface area contributed by atoms with Crippen LogP contribution in [0.1, 0.15) is 17.5 Å². The zero-order valence-electron chi connectivity index (χ0n) is 14.2. The number of anilines is 1. The van der Waals surface area contributed by atoms with Gasteiger partial charge in [0.15, 0.2) is 0 Å². The fraction of sp³-hybridized carbons (Fsp3) is 0.294. The first-order valence-corrected chi connectivity index (χ1v) is 9.46. The number of sulfonamides is 1. The summed E-state index contributed by atoms with van der Waals surface area (Å²) in [4.78, 5) is 17.3. The third-order valence-corrected chi connectivity index (χ3v) is 5.46. The molecular formula is C17H16F3N3O3S. The average molecular weight is 399 g/mol. The second-order valence-corrected chi connectivity index (χ2v) is 7.91. The van der Waals surface area contributed by atoms with E-state index in [2.05, 4.69) is 4.98 Å². The van der Waals surface area contributed by atoms with Crippen molar-refractivity contribution < 1.29 is 26.4 Å². The highest BCUT2D eigenvalue weighted by atomic mass is 32.2. The van der Waals surface area contributed by atoms with Crippen LogP contribution >= 0.6 is 0 Å². The summed E-state index contributed by atoms with van der Waals surface area (Å²) < 4.78 is 61.0. The Labute approximate surface area is 154 Å². The third-order valence-electron chi connectivity index (χ3n) is 4.32. The summed E-state index contributed by atoms with van der Waals surface area (Å²) in [6.07, 6.45) is 3.85. The number of benzene rings is 1. The number of nitrogens with zero attached hydrogens (tertiary/aromatic N) is 2. The second kappa shape index (κ2) is 6.93. The minimum absolute atomic E-state index is 0.0378. The Morgan fingerprint density at radius 1 is 1.15 bits per heavy atom. The average Bonchev–Trinajstić information content (AvgIpc) is 2.62. The van der Waals surface area contributed by atoms with E-state index in [9.17, 15) is 26.4 Å². The normalized spacial score (nSPS) is 15.0. The van der Waals surface area contributed by atoms with Crippen LogP contribution in [0, 0.1) is 0 Å². The number of carbonyl (C=O) groups is 1. The maximum Gasteiger partial charge on any atom is 0.511 e. The molecule has 1 amide bonds. The monoisotopic (exact) mass is 399 g/mol. The van der Waals surface area contributed by atoms with Crippen LogP contribution in [0.25, 0.3) is 11.1 Å². The fourth-order valence-corrected chi connectivity index (χ4v) is 3.36. The quantitative estimate of drug-likeness (QED) is 0.857. The predicted molar refractivity (Wildman–Crippen MR) is 93.2 cm³/mol. The zero-order valence-corrected chi connectivity index (χ0v) is 15.1. The molecule has 10 heteroatoms. The van der Waals surface area contributed by atoms with Crippen LogP contribution in [0.15, 0.2) is 36.7 Å². The SMILES string of the molecule is CN1C(=O)CCc2cc(-c3cncc(CNS(=O)(=O)C(F)(F)F)c3)ccc21. The van der Waals surface area contributed by atoms with Gasteiger partial charge in [0, 0.05) is 43.7 Å². The van der Waals surface area contributed by atoms with Gasteiger partial charge in [-0.15, -0.1) is 0 Å². The van der Waals surface area contributed by atoms with Crippen molar-refractivity contribution in [3.05, 3.63) is 47.8 Å². The van der Waals surface area contributed by atoms with E-state index in [1.807, 2.05) is 6.07 Å². The summed E-state index contributed by atoms with van der Waals surface area (Å²) in [5.74, 6) is 0.0378. The van der Waals surface area contributed by atoms with Crippen molar-refractivity contribution in [3.8, 4) is 11.1 Å². The van der Waals surface area contributed by atoms with E-state index in [1.165, 1.54) is 10.9 Å². The molecule has 1 aromatic carbocycles. The maximum absolute atomic E-state index is 12.4. The minimum atomic E-state index is -5.41. The van der Waals surface area contributed by atoms with Gasteiger partial charge in [0.25, 0.3) is 0 Å². The fourth-order valence-electron chi connectivity index (χ4n) is 2.84. The van der Waals surface area contributed by atoms with Gasteiger partial charge in [0.1, 0.15) is 0 Å². The number of amides is 1. The summed E-state index contributed by atoms with van der Waals surface area (Å²) in [6, 6.07) is 7.07. The Balaban J connectivity index is 1.83. The Bertz CT molecular complexity index is 990. The van der Waals surface area contributed by atoms with Gasteiger partial charge in [-0.3, -0.25) is 9.78 Å². The van der Waals surface area contributed by atoms with E-state index in [4.69, 9.17) is 0 Å².